The zero-order valence-electron chi connectivity index (χ0n) is 23.8. The highest BCUT2D eigenvalue weighted by molar-refractivity contribution is 5.98. The number of pyridine rings is 1. The summed E-state index contributed by atoms with van der Waals surface area (Å²) in [5.74, 6) is 1.46. The molecule has 0 aliphatic carbocycles. The molecule has 9 nitrogen and oxygen atoms in total. The molecule has 0 spiro atoms. The highest BCUT2D eigenvalue weighted by atomic mass is 16.5. The summed E-state index contributed by atoms with van der Waals surface area (Å²) in [5.41, 5.74) is 3.57. The molecule has 1 fully saturated rings. The molecule has 1 unspecified atom stereocenters. The molecule has 2 heterocycles. The molecule has 9 heteroatoms. The first-order chi connectivity index (χ1) is 20.4. The number of phenols is 1. The summed E-state index contributed by atoms with van der Waals surface area (Å²) in [6, 6.07) is 23.8. The molecular formula is C33H33N3O6. The Morgan fingerprint density at radius 2 is 1.50 bits per heavy atom. The van der Waals surface area contributed by atoms with E-state index in [0.29, 0.717) is 37.5 Å². The van der Waals surface area contributed by atoms with E-state index in [4.69, 9.17) is 14.2 Å². The molecule has 1 aromatic heterocycles. The van der Waals surface area contributed by atoms with Gasteiger partial charge in [0.2, 0.25) is 5.91 Å². The van der Waals surface area contributed by atoms with Crippen molar-refractivity contribution in [2.45, 2.75) is 25.4 Å². The molecule has 0 radical (unpaired) electrons. The van der Waals surface area contributed by atoms with Crippen molar-refractivity contribution in [2.24, 2.45) is 0 Å². The van der Waals surface area contributed by atoms with E-state index in [1.165, 1.54) is 7.11 Å². The Labute approximate surface area is 244 Å². The van der Waals surface area contributed by atoms with Crippen LogP contribution in [0.2, 0.25) is 0 Å². The van der Waals surface area contributed by atoms with Crippen LogP contribution in [-0.4, -0.2) is 54.7 Å². The fraction of sp³-hybridized carbons (Fsp3) is 0.242. The first-order valence-electron chi connectivity index (χ1n) is 13.6. The summed E-state index contributed by atoms with van der Waals surface area (Å²) in [4.78, 5) is 34.8. The summed E-state index contributed by atoms with van der Waals surface area (Å²) in [6.07, 6.45) is 1.85. The minimum Gasteiger partial charge on any atom is -0.504 e. The summed E-state index contributed by atoms with van der Waals surface area (Å²) in [7, 11) is 4.72. The van der Waals surface area contributed by atoms with Gasteiger partial charge in [-0.3, -0.25) is 14.6 Å². The van der Waals surface area contributed by atoms with Gasteiger partial charge in [-0.25, -0.2) is 0 Å². The minimum atomic E-state index is -0.258. The van der Waals surface area contributed by atoms with Gasteiger partial charge in [0.05, 0.1) is 21.3 Å². The Bertz CT molecular complexity index is 1510. The van der Waals surface area contributed by atoms with Gasteiger partial charge in [-0.1, -0.05) is 30.3 Å². The van der Waals surface area contributed by atoms with Crippen molar-refractivity contribution in [3.63, 3.8) is 0 Å². The van der Waals surface area contributed by atoms with Gasteiger partial charge in [0.25, 0.3) is 5.91 Å². The Morgan fingerprint density at radius 1 is 0.881 bits per heavy atom. The van der Waals surface area contributed by atoms with Crippen molar-refractivity contribution in [1.29, 1.82) is 0 Å². The van der Waals surface area contributed by atoms with E-state index in [1.54, 1.807) is 54.5 Å². The molecule has 0 bridgehead atoms. The number of rotatable bonds is 10. The minimum absolute atomic E-state index is 0.0338. The average Bonchev–Trinajstić information content (AvgIpc) is 3.42. The fourth-order valence-electron chi connectivity index (χ4n) is 5.11. The molecule has 1 aliphatic rings. The smallest absolute Gasteiger partial charge is 0.273 e. The van der Waals surface area contributed by atoms with Gasteiger partial charge in [0, 0.05) is 43.9 Å². The van der Waals surface area contributed by atoms with Gasteiger partial charge in [0.1, 0.15) is 17.2 Å². The fourth-order valence-corrected chi connectivity index (χ4v) is 5.11. The third-order valence-electron chi connectivity index (χ3n) is 7.43. The quantitative estimate of drug-likeness (QED) is 0.282. The number of carbonyl (C=O) groups is 2. The number of ether oxygens (including phenoxy) is 3. The lowest BCUT2D eigenvalue weighted by Gasteiger charge is -2.24. The third-order valence-corrected chi connectivity index (χ3v) is 7.43. The summed E-state index contributed by atoms with van der Waals surface area (Å²) in [6.45, 7) is 1.13. The van der Waals surface area contributed by atoms with E-state index >= 15 is 0 Å². The molecule has 2 amide bonds. The topological polar surface area (TPSA) is 101 Å². The molecule has 42 heavy (non-hydrogen) atoms. The second-order valence-corrected chi connectivity index (χ2v) is 10.1. The summed E-state index contributed by atoms with van der Waals surface area (Å²) >= 11 is 0. The van der Waals surface area contributed by atoms with E-state index < -0.39 is 0 Å². The molecule has 5 rings (SSSR count). The molecule has 0 saturated carbocycles. The van der Waals surface area contributed by atoms with Gasteiger partial charge in [0.15, 0.2) is 11.5 Å². The van der Waals surface area contributed by atoms with E-state index in [-0.39, 0.29) is 29.2 Å². The van der Waals surface area contributed by atoms with E-state index in [0.717, 1.165) is 28.2 Å². The standard InChI is InChI=1S/C33H33N3O6/c1-40-27-9-4-22(5-10-27)19-35(20-23-6-11-28(41-2)12-7-23)33(39)29-18-26(14-15-34-29)36-21-25(17-32(36)38)24-8-13-31(42-3)30(37)16-24/h4-16,18,25,37H,17,19-21H2,1-3H3. The van der Waals surface area contributed by atoms with Crippen LogP contribution in [0, 0.1) is 0 Å². The second-order valence-electron chi connectivity index (χ2n) is 10.1. The van der Waals surface area contributed by atoms with Crippen molar-refractivity contribution >= 4 is 17.5 Å². The summed E-state index contributed by atoms with van der Waals surface area (Å²) < 4.78 is 15.7. The number of nitrogens with zero attached hydrogens (tertiary/aromatic N) is 3. The lowest BCUT2D eigenvalue weighted by molar-refractivity contribution is -0.117. The number of phenolic OH excluding ortho intramolecular Hbond substituents is 1. The van der Waals surface area contributed by atoms with E-state index in [1.807, 2.05) is 54.6 Å². The van der Waals surface area contributed by atoms with Gasteiger partial charge in [-0.15, -0.1) is 0 Å². The lowest BCUT2D eigenvalue weighted by atomic mass is 9.98. The second kappa shape index (κ2) is 12.6. The maximum absolute atomic E-state index is 13.9. The maximum Gasteiger partial charge on any atom is 0.273 e. The van der Waals surface area contributed by atoms with Crippen LogP contribution in [0.25, 0.3) is 0 Å². The van der Waals surface area contributed by atoms with Gasteiger partial charge in [-0.05, 0) is 65.2 Å². The van der Waals surface area contributed by atoms with Crippen LogP contribution < -0.4 is 19.1 Å². The SMILES string of the molecule is COc1ccc(CN(Cc2ccc(OC)cc2)C(=O)c2cc(N3CC(c4ccc(OC)c(O)c4)CC3=O)ccn2)cc1. The molecule has 1 saturated heterocycles. The van der Waals surface area contributed by atoms with Crippen molar-refractivity contribution in [3.8, 4) is 23.0 Å². The summed E-state index contributed by atoms with van der Waals surface area (Å²) in [5, 5.41) is 10.2. The number of benzene rings is 3. The Kier molecular flexibility index (Phi) is 8.57. The first-order valence-corrected chi connectivity index (χ1v) is 13.6. The highest BCUT2D eigenvalue weighted by Gasteiger charge is 2.32. The Morgan fingerprint density at radius 3 is 2.05 bits per heavy atom. The number of methoxy groups -OCH3 is 3. The molecule has 4 aromatic rings. The number of amides is 2. The maximum atomic E-state index is 13.9. The van der Waals surface area contributed by atoms with Crippen LogP contribution in [0.15, 0.2) is 85.1 Å². The van der Waals surface area contributed by atoms with Crippen molar-refractivity contribution < 1.29 is 28.9 Å². The zero-order valence-corrected chi connectivity index (χ0v) is 23.8. The van der Waals surface area contributed by atoms with Crippen molar-refractivity contribution in [2.75, 3.05) is 32.8 Å². The number of anilines is 1. The molecule has 216 valence electrons. The predicted octanol–water partition coefficient (Wildman–Crippen LogP) is 5.18. The molecule has 1 atom stereocenters. The molecule has 3 aromatic carbocycles. The first kappa shape index (κ1) is 28.5. The number of aromatic nitrogens is 1. The van der Waals surface area contributed by atoms with Crippen LogP contribution in [-0.2, 0) is 17.9 Å². The van der Waals surface area contributed by atoms with E-state index in [9.17, 15) is 14.7 Å². The average molecular weight is 568 g/mol. The normalized spacial score (nSPS) is 14.5. The van der Waals surface area contributed by atoms with Crippen molar-refractivity contribution in [1.82, 2.24) is 9.88 Å². The number of carbonyl (C=O) groups excluding carboxylic acids is 2. The van der Waals surface area contributed by atoms with Gasteiger partial charge in [-0.2, -0.15) is 0 Å². The van der Waals surface area contributed by atoms with Crippen LogP contribution in [0.3, 0.4) is 0 Å². The molecular weight excluding hydrogens is 534 g/mol. The van der Waals surface area contributed by atoms with Crippen LogP contribution in [0.5, 0.6) is 23.0 Å². The van der Waals surface area contributed by atoms with Gasteiger partial charge >= 0.3 is 0 Å². The zero-order chi connectivity index (χ0) is 29.6. The molecule has 1 aliphatic heterocycles. The number of hydrogen-bond acceptors (Lipinski definition) is 7. The number of aromatic hydroxyl groups is 1. The van der Waals surface area contributed by atoms with Crippen molar-refractivity contribution in [3.05, 3.63) is 107 Å². The third kappa shape index (κ3) is 6.30. The van der Waals surface area contributed by atoms with Crippen LogP contribution in [0.1, 0.15) is 39.5 Å². The van der Waals surface area contributed by atoms with E-state index in [2.05, 4.69) is 4.98 Å². The largest absolute Gasteiger partial charge is 0.504 e. The van der Waals surface area contributed by atoms with Gasteiger partial charge < -0.3 is 29.1 Å². The predicted molar refractivity (Wildman–Crippen MR) is 158 cm³/mol. The number of hydrogen-bond donors (Lipinski definition) is 1. The lowest BCUT2D eigenvalue weighted by Crippen LogP contribution is -2.31. The van der Waals surface area contributed by atoms with Crippen LogP contribution >= 0.6 is 0 Å². The Hall–Kier alpha value is -5.05. The molecule has 1 N–H and O–H groups in total. The highest BCUT2D eigenvalue weighted by Crippen LogP contribution is 2.36. The van der Waals surface area contributed by atoms with Crippen LogP contribution in [0.4, 0.5) is 5.69 Å². The Balaban J connectivity index is 1.38. The monoisotopic (exact) mass is 567 g/mol.